The predicted molar refractivity (Wildman–Crippen MR) is 113 cm³/mol. The molecule has 0 saturated carbocycles. The number of amides is 1. The van der Waals surface area contributed by atoms with Gasteiger partial charge in [-0.1, -0.05) is 23.7 Å². The highest BCUT2D eigenvalue weighted by Gasteiger charge is 2.22. The number of aliphatic hydroxyl groups excluding tert-OH is 1. The van der Waals surface area contributed by atoms with Crippen molar-refractivity contribution in [1.29, 1.82) is 0 Å². The summed E-state index contributed by atoms with van der Waals surface area (Å²) in [5, 5.41) is 11.0. The van der Waals surface area contributed by atoms with Crippen LogP contribution in [0, 0.1) is 11.6 Å². The standard InChI is InChI=1S/C22H17ClF2N4O2/c1-29(2)22(31)20(30)12-6-11(7-26-8-12)14-9-27-21-17(18(14)23)15(10-28-21)13-4-3-5-16(24)19(13)25/h3-10,20,30H,1-2H3,(H,27,28). The first-order chi connectivity index (χ1) is 14.8. The summed E-state index contributed by atoms with van der Waals surface area (Å²) in [6.07, 6.45) is 4.54. The summed E-state index contributed by atoms with van der Waals surface area (Å²) in [5.41, 5.74) is 2.07. The van der Waals surface area contributed by atoms with Crippen LogP contribution in [0.2, 0.25) is 5.02 Å². The molecule has 0 aliphatic carbocycles. The number of aliphatic hydroxyl groups is 1. The van der Waals surface area contributed by atoms with Gasteiger partial charge >= 0.3 is 0 Å². The van der Waals surface area contributed by atoms with Crippen molar-refractivity contribution in [2.45, 2.75) is 6.10 Å². The molecule has 0 aliphatic heterocycles. The quantitative estimate of drug-likeness (QED) is 0.492. The van der Waals surface area contributed by atoms with Gasteiger partial charge in [0, 0.05) is 72.1 Å². The van der Waals surface area contributed by atoms with Gasteiger partial charge in [-0.25, -0.2) is 13.8 Å². The van der Waals surface area contributed by atoms with Gasteiger partial charge < -0.3 is 15.0 Å². The molecule has 9 heteroatoms. The van der Waals surface area contributed by atoms with Gasteiger partial charge in [-0.05, 0) is 12.1 Å². The average Bonchev–Trinajstić information content (AvgIpc) is 3.19. The topological polar surface area (TPSA) is 82.1 Å². The number of pyridine rings is 2. The van der Waals surface area contributed by atoms with Crippen molar-refractivity contribution in [3.8, 4) is 22.3 Å². The number of aromatic nitrogens is 3. The Bertz CT molecular complexity index is 1310. The molecular formula is C22H17ClF2N4O2. The van der Waals surface area contributed by atoms with Crippen LogP contribution in [0.15, 0.2) is 49.1 Å². The molecule has 0 saturated heterocycles. The molecule has 0 radical (unpaired) electrons. The van der Waals surface area contributed by atoms with Crippen LogP contribution in [0.3, 0.4) is 0 Å². The maximum atomic E-state index is 14.4. The normalized spacial score (nSPS) is 12.2. The fraction of sp³-hybridized carbons (Fsp3) is 0.136. The summed E-state index contributed by atoms with van der Waals surface area (Å²) < 4.78 is 28.2. The number of benzene rings is 1. The molecule has 4 aromatic rings. The van der Waals surface area contributed by atoms with Gasteiger partial charge in [-0.15, -0.1) is 0 Å². The van der Waals surface area contributed by atoms with Crippen LogP contribution in [-0.4, -0.2) is 45.0 Å². The maximum Gasteiger partial charge on any atom is 0.255 e. The Morgan fingerprint density at radius 3 is 2.68 bits per heavy atom. The van der Waals surface area contributed by atoms with Crippen molar-refractivity contribution >= 4 is 28.5 Å². The number of nitrogens with one attached hydrogen (secondary N) is 1. The molecule has 2 N–H and O–H groups in total. The summed E-state index contributed by atoms with van der Waals surface area (Å²) in [5.74, 6) is -2.45. The zero-order valence-corrected chi connectivity index (χ0v) is 17.3. The largest absolute Gasteiger partial charge is 0.378 e. The Morgan fingerprint density at radius 1 is 1.16 bits per heavy atom. The smallest absolute Gasteiger partial charge is 0.255 e. The summed E-state index contributed by atoms with van der Waals surface area (Å²) in [7, 11) is 3.08. The van der Waals surface area contributed by atoms with Crippen LogP contribution in [0.4, 0.5) is 8.78 Å². The minimum Gasteiger partial charge on any atom is -0.378 e. The second-order valence-electron chi connectivity index (χ2n) is 7.16. The number of carbonyl (C=O) groups excluding carboxylic acids is 1. The van der Waals surface area contributed by atoms with Crippen LogP contribution in [-0.2, 0) is 4.79 Å². The van der Waals surface area contributed by atoms with Crippen molar-refractivity contribution in [3.63, 3.8) is 0 Å². The van der Waals surface area contributed by atoms with Crippen molar-refractivity contribution < 1.29 is 18.7 Å². The molecule has 3 heterocycles. The monoisotopic (exact) mass is 442 g/mol. The van der Waals surface area contributed by atoms with Crippen LogP contribution >= 0.6 is 11.6 Å². The van der Waals surface area contributed by atoms with E-state index >= 15 is 0 Å². The van der Waals surface area contributed by atoms with Crippen molar-refractivity contribution in [1.82, 2.24) is 19.9 Å². The molecule has 158 valence electrons. The van der Waals surface area contributed by atoms with Gasteiger partial charge in [0.05, 0.1) is 5.02 Å². The van der Waals surface area contributed by atoms with E-state index in [0.29, 0.717) is 27.7 Å². The van der Waals surface area contributed by atoms with Gasteiger partial charge in [0.2, 0.25) is 0 Å². The third-order valence-corrected chi connectivity index (χ3v) is 5.33. The minimum atomic E-state index is -1.39. The number of aromatic amines is 1. The number of nitrogens with zero attached hydrogens (tertiary/aromatic N) is 3. The third-order valence-electron chi connectivity index (χ3n) is 4.94. The Labute approximate surface area is 181 Å². The minimum absolute atomic E-state index is 0.0472. The fourth-order valence-corrected chi connectivity index (χ4v) is 3.67. The van der Waals surface area contributed by atoms with Crippen LogP contribution in [0.5, 0.6) is 0 Å². The van der Waals surface area contributed by atoms with Gasteiger partial charge in [0.25, 0.3) is 5.91 Å². The second-order valence-corrected chi connectivity index (χ2v) is 7.53. The summed E-state index contributed by atoms with van der Waals surface area (Å²) >= 11 is 6.67. The van der Waals surface area contributed by atoms with E-state index in [4.69, 9.17) is 11.6 Å². The predicted octanol–water partition coefficient (Wildman–Crippen LogP) is 4.35. The number of fused-ring (bicyclic) bond motifs is 1. The third kappa shape index (κ3) is 3.64. The Balaban J connectivity index is 1.85. The van der Waals surface area contributed by atoms with E-state index in [1.807, 2.05) is 0 Å². The Kier molecular flexibility index (Phi) is 5.43. The number of rotatable bonds is 4. The number of carbonyl (C=O) groups is 1. The molecule has 1 amide bonds. The molecule has 0 fully saturated rings. The zero-order chi connectivity index (χ0) is 22.3. The van der Waals surface area contributed by atoms with Gasteiger partial charge in [-0.3, -0.25) is 9.78 Å². The van der Waals surface area contributed by atoms with Gasteiger partial charge in [0.15, 0.2) is 17.7 Å². The first kappa shape index (κ1) is 20.9. The van der Waals surface area contributed by atoms with Crippen molar-refractivity contribution in [3.05, 3.63) is 71.3 Å². The van der Waals surface area contributed by atoms with Gasteiger partial charge in [-0.2, -0.15) is 0 Å². The Hall–Kier alpha value is -3.36. The molecular weight excluding hydrogens is 426 g/mol. The fourth-order valence-electron chi connectivity index (χ4n) is 3.32. The maximum absolute atomic E-state index is 14.4. The molecule has 0 aliphatic rings. The highest BCUT2D eigenvalue weighted by Crippen LogP contribution is 2.39. The van der Waals surface area contributed by atoms with E-state index in [9.17, 15) is 18.7 Å². The molecule has 0 bridgehead atoms. The first-order valence-corrected chi connectivity index (χ1v) is 9.62. The Morgan fingerprint density at radius 2 is 1.94 bits per heavy atom. The van der Waals surface area contributed by atoms with Crippen molar-refractivity contribution in [2.75, 3.05) is 14.1 Å². The van der Waals surface area contributed by atoms with Crippen LogP contribution in [0.1, 0.15) is 11.7 Å². The molecule has 31 heavy (non-hydrogen) atoms. The molecule has 6 nitrogen and oxygen atoms in total. The highest BCUT2D eigenvalue weighted by atomic mass is 35.5. The summed E-state index contributed by atoms with van der Waals surface area (Å²) in [6.45, 7) is 0. The first-order valence-electron chi connectivity index (χ1n) is 9.24. The number of halogens is 3. The lowest BCUT2D eigenvalue weighted by atomic mass is 10.0. The lowest BCUT2D eigenvalue weighted by molar-refractivity contribution is -0.137. The number of hydrogen-bond acceptors (Lipinski definition) is 4. The molecule has 4 rings (SSSR count). The van der Waals surface area contributed by atoms with E-state index in [1.54, 1.807) is 6.07 Å². The molecule has 1 atom stereocenters. The average molecular weight is 443 g/mol. The lowest BCUT2D eigenvalue weighted by Gasteiger charge is -2.16. The highest BCUT2D eigenvalue weighted by molar-refractivity contribution is 6.39. The second kappa shape index (κ2) is 8.05. The van der Waals surface area contributed by atoms with Crippen molar-refractivity contribution in [2.24, 2.45) is 0 Å². The molecule has 0 spiro atoms. The molecule has 3 aromatic heterocycles. The number of hydrogen-bond donors (Lipinski definition) is 2. The van der Waals surface area contributed by atoms with E-state index < -0.39 is 23.6 Å². The summed E-state index contributed by atoms with van der Waals surface area (Å²) in [4.78, 5) is 24.7. The van der Waals surface area contributed by atoms with E-state index in [1.165, 1.54) is 55.9 Å². The molecule has 1 unspecified atom stereocenters. The SMILES string of the molecule is CN(C)C(=O)C(O)c1cncc(-c2cnc3[nH]cc(-c4cccc(F)c4F)c3c2Cl)c1. The summed E-state index contributed by atoms with van der Waals surface area (Å²) in [6, 6.07) is 5.49. The van der Waals surface area contributed by atoms with Crippen LogP contribution < -0.4 is 0 Å². The van der Waals surface area contributed by atoms with Crippen LogP contribution in [0.25, 0.3) is 33.3 Å². The van der Waals surface area contributed by atoms with E-state index in [2.05, 4.69) is 15.0 Å². The van der Waals surface area contributed by atoms with E-state index in [0.717, 1.165) is 6.07 Å². The number of likely N-dealkylation sites (N-methyl/N-ethyl adjacent to an activating group) is 1. The zero-order valence-electron chi connectivity index (χ0n) is 16.5. The van der Waals surface area contributed by atoms with Gasteiger partial charge in [0.1, 0.15) is 5.65 Å². The van der Waals surface area contributed by atoms with E-state index in [-0.39, 0.29) is 16.1 Å². The molecule has 1 aromatic carbocycles. The lowest BCUT2D eigenvalue weighted by Crippen LogP contribution is -2.28. The number of H-pyrrole nitrogens is 1.